The third-order valence-corrected chi connectivity index (χ3v) is 5.29. The van der Waals surface area contributed by atoms with Crippen molar-refractivity contribution in [2.24, 2.45) is 0 Å². The van der Waals surface area contributed by atoms with Crippen molar-refractivity contribution < 1.29 is 14.4 Å². The lowest BCUT2D eigenvalue weighted by Gasteiger charge is -2.45. The average Bonchev–Trinajstić information content (AvgIpc) is 2.62. The van der Waals surface area contributed by atoms with E-state index in [0.717, 1.165) is 39.1 Å². The van der Waals surface area contributed by atoms with E-state index in [2.05, 4.69) is 10.3 Å². The zero-order valence-corrected chi connectivity index (χ0v) is 13.5. The summed E-state index contributed by atoms with van der Waals surface area (Å²) in [5, 5.41) is 3.10. The van der Waals surface area contributed by atoms with Crippen LogP contribution in [0, 0.1) is 0 Å². The van der Waals surface area contributed by atoms with Gasteiger partial charge in [0.15, 0.2) is 0 Å². The molecule has 2 aliphatic rings. The predicted molar refractivity (Wildman–Crippen MR) is 86.7 cm³/mol. The van der Waals surface area contributed by atoms with Crippen molar-refractivity contribution in [3.05, 3.63) is 34.2 Å². The van der Waals surface area contributed by atoms with Crippen molar-refractivity contribution in [3.63, 3.8) is 0 Å². The maximum absolute atomic E-state index is 12.4. The van der Waals surface area contributed by atoms with Gasteiger partial charge in [-0.2, -0.15) is 0 Å². The highest BCUT2D eigenvalue weighted by Crippen LogP contribution is 2.25. The molecule has 2 heterocycles. The summed E-state index contributed by atoms with van der Waals surface area (Å²) in [5.41, 5.74) is 0.454. The van der Waals surface area contributed by atoms with Crippen LogP contribution in [0.5, 0.6) is 0 Å². The van der Waals surface area contributed by atoms with Crippen molar-refractivity contribution >= 4 is 5.91 Å². The van der Waals surface area contributed by atoms with Crippen LogP contribution in [-0.4, -0.2) is 49.3 Å². The normalized spacial score (nSPS) is 21.7. The van der Waals surface area contributed by atoms with E-state index in [4.69, 9.17) is 4.74 Å². The van der Waals surface area contributed by atoms with Crippen LogP contribution < -0.4 is 15.8 Å². The monoisotopic (exact) mass is 320 g/mol. The van der Waals surface area contributed by atoms with Crippen molar-refractivity contribution in [2.75, 3.05) is 32.8 Å². The summed E-state index contributed by atoms with van der Waals surface area (Å²) < 4.78 is 5.50. The van der Waals surface area contributed by atoms with Gasteiger partial charge in [-0.25, -0.2) is 0 Å². The summed E-state index contributed by atoms with van der Waals surface area (Å²) in [7, 11) is 0. The van der Waals surface area contributed by atoms with Crippen molar-refractivity contribution in [3.8, 4) is 0 Å². The Bertz CT molecular complexity index is 566. The fourth-order valence-corrected chi connectivity index (χ4v) is 3.94. The summed E-state index contributed by atoms with van der Waals surface area (Å²) in [5.74, 6) is -0.112. The van der Waals surface area contributed by atoms with Crippen LogP contribution in [0.25, 0.3) is 0 Å². The minimum atomic E-state index is -0.192. The molecule has 3 N–H and O–H groups in total. The molecule has 0 radical (unpaired) electrons. The van der Waals surface area contributed by atoms with E-state index in [9.17, 15) is 9.59 Å². The Kier molecular flexibility index (Phi) is 5.13. The predicted octanol–water partition coefficient (Wildman–Crippen LogP) is -0.277. The second kappa shape index (κ2) is 7.27. The van der Waals surface area contributed by atoms with E-state index in [0.29, 0.717) is 12.1 Å². The fourth-order valence-electron chi connectivity index (χ4n) is 3.94. The largest absolute Gasteiger partial charge is 0.370 e. The standard InChI is InChI=1S/C17H25N3O3/c21-15-5-4-14(12-18-15)16(22)19-13-17(6-2-1-3-7-17)20-8-10-23-11-9-20/h4-5,12H,1-3,6-11,13H2,(H,18,21)(H,19,22)/p+1. The first-order valence-electron chi connectivity index (χ1n) is 8.59. The van der Waals surface area contributed by atoms with Crippen molar-refractivity contribution in [1.82, 2.24) is 10.3 Å². The third kappa shape index (κ3) is 3.82. The molecule has 1 aliphatic heterocycles. The SMILES string of the molecule is O=C(NCC1([NH+]2CCOCC2)CCCCC1)c1ccc(=O)[nH]c1. The molecule has 2 fully saturated rings. The van der Waals surface area contributed by atoms with Crippen LogP contribution in [0.1, 0.15) is 42.5 Å². The first kappa shape index (κ1) is 16.2. The minimum Gasteiger partial charge on any atom is -0.370 e. The number of hydrogen-bond acceptors (Lipinski definition) is 3. The number of ether oxygens (including phenoxy) is 1. The molecule has 1 saturated heterocycles. The number of hydrogen-bond donors (Lipinski definition) is 3. The van der Waals surface area contributed by atoms with Crippen molar-refractivity contribution in [2.45, 2.75) is 37.6 Å². The molecule has 1 amide bonds. The van der Waals surface area contributed by atoms with Gasteiger partial charge in [0.05, 0.1) is 25.3 Å². The van der Waals surface area contributed by atoms with E-state index in [-0.39, 0.29) is 17.0 Å². The zero-order chi connectivity index (χ0) is 16.1. The first-order chi connectivity index (χ1) is 11.2. The molecular weight excluding hydrogens is 294 g/mol. The average molecular weight is 320 g/mol. The van der Waals surface area contributed by atoms with Gasteiger partial charge in [-0.05, 0) is 18.9 Å². The Morgan fingerprint density at radius 2 is 1.96 bits per heavy atom. The lowest BCUT2D eigenvalue weighted by Crippen LogP contribution is -3.23. The Labute approximate surface area is 136 Å². The van der Waals surface area contributed by atoms with Gasteiger partial charge in [0.1, 0.15) is 18.6 Å². The molecule has 3 rings (SSSR count). The Hall–Kier alpha value is -1.66. The number of carbonyl (C=O) groups excluding carboxylic acids is 1. The van der Waals surface area contributed by atoms with Crippen molar-refractivity contribution in [1.29, 1.82) is 0 Å². The van der Waals surface area contributed by atoms with Gasteiger partial charge < -0.3 is 19.9 Å². The molecule has 1 aliphatic carbocycles. The molecule has 0 atom stereocenters. The Balaban J connectivity index is 1.67. The number of H-pyrrole nitrogens is 1. The minimum absolute atomic E-state index is 0.112. The highest BCUT2D eigenvalue weighted by Gasteiger charge is 2.42. The van der Waals surface area contributed by atoms with E-state index in [1.165, 1.54) is 31.5 Å². The molecule has 1 saturated carbocycles. The van der Waals surface area contributed by atoms with Crippen LogP contribution in [-0.2, 0) is 4.74 Å². The second-order valence-corrected chi connectivity index (χ2v) is 6.68. The van der Waals surface area contributed by atoms with E-state index >= 15 is 0 Å². The quantitative estimate of drug-likeness (QED) is 0.714. The van der Waals surface area contributed by atoms with E-state index in [1.807, 2.05) is 0 Å². The van der Waals surface area contributed by atoms with Crippen LogP contribution in [0.3, 0.4) is 0 Å². The van der Waals surface area contributed by atoms with Crippen LogP contribution in [0.4, 0.5) is 0 Å². The van der Waals surface area contributed by atoms with Gasteiger partial charge in [0.25, 0.3) is 5.91 Å². The molecular formula is C17H26N3O3+. The number of aromatic nitrogens is 1. The fraction of sp³-hybridized carbons (Fsp3) is 0.647. The lowest BCUT2D eigenvalue weighted by molar-refractivity contribution is -0.960. The first-order valence-corrected chi connectivity index (χ1v) is 8.59. The number of nitrogens with one attached hydrogen (secondary N) is 3. The Morgan fingerprint density at radius 1 is 1.22 bits per heavy atom. The molecule has 6 heteroatoms. The number of quaternary nitrogens is 1. The molecule has 1 aromatic heterocycles. The van der Waals surface area contributed by atoms with E-state index in [1.54, 1.807) is 11.0 Å². The maximum atomic E-state index is 12.4. The highest BCUT2D eigenvalue weighted by molar-refractivity contribution is 5.93. The lowest BCUT2D eigenvalue weighted by atomic mass is 9.79. The zero-order valence-electron chi connectivity index (χ0n) is 13.5. The highest BCUT2D eigenvalue weighted by atomic mass is 16.5. The van der Waals surface area contributed by atoms with Gasteiger partial charge in [0.2, 0.25) is 5.56 Å². The summed E-state index contributed by atoms with van der Waals surface area (Å²) >= 11 is 0. The molecule has 0 aromatic carbocycles. The van der Waals surface area contributed by atoms with E-state index < -0.39 is 0 Å². The second-order valence-electron chi connectivity index (χ2n) is 6.68. The number of carbonyl (C=O) groups is 1. The molecule has 0 spiro atoms. The van der Waals surface area contributed by atoms with Crippen LogP contribution in [0.15, 0.2) is 23.1 Å². The number of rotatable bonds is 4. The topological polar surface area (TPSA) is 75.6 Å². The molecule has 23 heavy (non-hydrogen) atoms. The van der Waals surface area contributed by atoms with Gasteiger partial charge >= 0.3 is 0 Å². The molecule has 1 aromatic rings. The molecule has 126 valence electrons. The van der Waals surface area contributed by atoms with Crippen LogP contribution in [0.2, 0.25) is 0 Å². The maximum Gasteiger partial charge on any atom is 0.252 e. The summed E-state index contributed by atoms with van der Waals surface area (Å²) in [6, 6.07) is 2.96. The molecule has 0 unspecified atom stereocenters. The summed E-state index contributed by atoms with van der Waals surface area (Å²) in [4.78, 5) is 27.6. The number of aromatic amines is 1. The number of pyridine rings is 1. The molecule has 6 nitrogen and oxygen atoms in total. The van der Waals surface area contributed by atoms with Gasteiger partial charge in [-0.1, -0.05) is 6.42 Å². The smallest absolute Gasteiger partial charge is 0.252 e. The Morgan fingerprint density at radius 3 is 2.61 bits per heavy atom. The summed E-state index contributed by atoms with van der Waals surface area (Å²) in [6.07, 6.45) is 7.56. The van der Waals surface area contributed by atoms with Gasteiger partial charge in [0, 0.05) is 25.1 Å². The van der Waals surface area contributed by atoms with Gasteiger partial charge in [-0.15, -0.1) is 0 Å². The number of amides is 1. The van der Waals surface area contributed by atoms with Crippen LogP contribution >= 0.6 is 0 Å². The molecule has 0 bridgehead atoms. The summed E-state index contributed by atoms with van der Waals surface area (Å²) in [6.45, 7) is 4.36. The van der Waals surface area contributed by atoms with Gasteiger partial charge in [-0.3, -0.25) is 9.59 Å². The third-order valence-electron chi connectivity index (χ3n) is 5.29. The number of morpholine rings is 1.